The molecule has 0 fully saturated rings. The first-order valence-electron chi connectivity index (χ1n) is 6.56. The van der Waals surface area contributed by atoms with Gasteiger partial charge in [-0.25, -0.2) is 0 Å². The minimum atomic E-state index is 0.628. The van der Waals surface area contributed by atoms with E-state index in [0.717, 1.165) is 31.0 Å². The summed E-state index contributed by atoms with van der Waals surface area (Å²) >= 11 is 0. The fourth-order valence-electron chi connectivity index (χ4n) is 2.02. The number of nitrogens with one attached hydrogen (secondary N) is 1. The summed E-state index contributed by atoms with van der Waals surface area (Å²) in [5.41, 5.74) is 2.63. The summed E-state index contributed by atoms with van der Waals surface area (Å²) in [6, 6.07) is 4.19. The van der Waals surface area contributed by atoms with E-state index < -0.39 is 0 Å². The molecule has 1 aromatic carbocycles. The average Bonchev–Trinajstić information content (AvgIpc) is 2.36. The molecule has 1 N–H and O–H groups in total. The molecule has 0 unspecified atom stereocenters. The highest BCUT2D eigenvalue weighted by atomic mass is 16.5. The van der Waals surface area contributed by atoms with Gasteiger partial charge < -0.3 is 14.8 Å². The van der Waals surface area contributed by atoms with E-state index in [1.165, 1.54) is 11.1 Å². The molecule has 0 amide bonds. The topological polar surface area (TPSA) is 30.5 Å². The lowest BCUT2D eigenvalue weighted by Crippen LogP contribution is -2.14. The lowest BCUT2D eigenvalue weighted by Gasteiger charge is -2.16. The minimum Gasteiger partial charge on any atom is -0.493 e. The van der Waals surface area contributed by atoms with Gasteiger partial charge in [0.15, 0.2) is 11.5 Å². The number of methoxy groups -OCH3 is 2. The largest absolute Gasteiger partial charge is 0.493 e. The standard InChI is InChI=1S/C15H25NO2/c1-6-16-10-13-9-15(18-5)14(17-4)8-12(13)7-11(2)3/h8-9,11,16H,6-7,10H2,1-5H3. The van der Waals surface area contributed by atoms with Crippen LogP contribution < -0.4 is 14.8 Å². The predicted octanol–water partition coefficient (Wildman–Crippen LogP) is 3.01. The van der Waals surface area contributed by atoms with Crippen LogP contribution in [0.3, 0.4) is 0 Å². The van der Waals surface area contributed by atoms with Crippen molar-refractivity contribution in [3.8, 4) is 11.5 Å². The normalized spacial score (nSPS) is 10.8. The van der Waals surface area contributed by atoms with Crippen molar-refractivity contribution in [2.75, 3.05) is 20.8 Å². The van der Waals surface area contributed by atoms with Crippen LogP contribution in [0.1, 0.15) is 31.9 Å². The van der Waals surface area contributed by atoms with Gasteiger partial charge in [-0.2, -0.15) is 0 Å². The number of rotatable bonds is 7. The highest BCUT2D eigenvalue weighted by Gasteiger charge is 2.11. The van der Waals surface area contributed by atoms with E-state index in [9.17, 15) is 0 Å². The van der Waals surface area contributed by atoms with Gasteiger partial charge in [-0.05, 0) is 42.1 Å². The third-order valence-corrected chi connectivity index (χ3v) is 2.90. The molecule has 102 valence electrons. The predicted molar refractivity (Wildman–Crippen MR) is 75.5 cm³/mol. The van der Waals surface area contributed by atoms with Gasteiger partial charge in [0.05, 0.1) is 14.2 Å². The Balaban J connectivity index is 3.09. The summed E-state index contributed by atoms with van der Waals surface area (Å²) in [7, 11) is 3.36. The van der Waals surface area contributed by atoms with Crippen LogP contribution in [-0.2, 0) is 13.0 Å². The molecule has 0 aliphatic carbocycles. The van der Waals surface area contributed by atoms with Crippen LogP contribution in [0.4, 0.5) is 0 Å². The van der Waals surface area contributed by atoms with Gasteiger partial charge in [-0.3, -0.25) is 0 Å². The smallest absolute Gasteiger partial charge is 0.161 e. The zero-order chi connectivity index (χ0) is 13.5. The van der Waals surface area contributed by atoms with E-state index in [0.29, 0.717) is 5.92 Å². The van der Waals surface area contributed by atoms with Gasteiger partial charge in [0.2, 0.25) is 0 Å². The van der Waals surface area contributed by atoms with Gasteiger partial charge >= 0.3 is 0 Å². The van der Waals surface area contributed by atoms with Gasteiger partial charge in [0.25, 0.3) is 0 Å². The molecule has 0 spiro atoms. The Bertz CT molecular complexity index is 375. The van der Waals surface area contributed by atoms with Crippen molar-refractivity contribution >= 4 is 0 Å². The molecule has 0 heterocycles. The van der Waals surface area contributed by atoms with E-state index in [1.807, 2.05) is 0 Å². The maximum Gasteiger partial charge on any atom is 0.161 e. The molecule has 0 saturated heterocycles. The second-order valence-corrected chi connectivity index (χ2v) is 4.85. The van der Waals surface area contributed by atoms with Crippen molar-refractivity contribution in [1.29, 1.82) is 0 Å². The molecular weight excluding hydrogens is 226 g/mol. The highest BCUT2D eigenvalue weighted by Crippen LogP contribution is 2.31. The molecule has 1 aromatic rings. The maximum atomic E-state index is 5.37. The molecule has 0 aromatic heterocycles. The first-order chi connectivity index (χ1) is 8.62. The number of hydrogen-bond donors (Lipinski definition) is 1. The van der Waals surface area contributed by atoms with E-state index >= 15 is 0 Å². The van der Waals surface area contributed by atoms with Crippen molar-refractivity contribution in [3.63, 3.8) is 0 Å². The molecule has 3 nitrogen and oxygen atoms in total. The van der Waals surface area contributed by atoms with E-state index in [1.54, 1.807) is 14.2 Å². The van der Waals surface area contributed by atoms with Crippen LogP contribution in [0.5, 0.6) is 11.5 Å². The molecule has 1 rings (SSSR count). The van der Waals surface area contributed by atoms with Crippen molar-refractivity contribution < 1.29 is 9.47 Å². The van der Waals surface area contributed by atoms with E-state index in [2.05, 4.69) is 38.2 Å². The Hall–Kier alpha value is -1.22. The third-order valence-electron chi connectivity index (χ3n) is 2.90. The second-order valence-electron chi connectivity index (χ2n) is 4.85. The monoisotopic (exact) mass is 251 g/mol. The van der Waals surface area contributed by atoms with Crippen LogP contribution >= 0.6 is 0 Å². The third kappa shape index (κ3) is 3.91. The molecule has 0 radical (unpaired) electrons. The molecule has 0 atom stereocenters. The van der Waals surface area contributed by atoms with E-state index in [4.69, 9.17) is 9.47 Å². The summed E-state index contributed by atoms with van der Waals surface area (Å²) in [5.74, 6) is 2.25. The lowest BCUT2D eigenvalue weighted by atomic mass is 9.97. The first-order valence-corrected chi connectivity index (χ1v) is 6.56. The number of hydrogen-bond acceptors (Lipinski definition) is 3. The van der Waals surface area contributed by atoms with Crippen LogP contribution in [-0.4, -0.2) is 20.8 Å². The van der Waals surface area contributed by atoms with Gasteiger partial charge in [-0.15, -0.1) is 0 Å². The molecule has 3 heteroatoms. The lowest BCUT2D eigenvalue weighted by molar-refractivity contribution is 0.353. The SMILES string of the molecule is CCNCc1cc(OC)c(OC)cc1CC(C)C. The summed E-state index contributed by atoms with van der Waals surface area (Å²) < 4.78 is 10.7. The second kappa shape index (κ2) is 7.27. The quantitative estimate of drug-likeness (QED) is 0.808. The minimum absolute atomic E-state index is 0.628. The van der Waals surface area contributed by atoms with Crippen LogP contribution in [0, 0.1) is 5.92 Å². The summed E-state index contributed by atoms with van der Waals surface area (Å²) in [6.07, 6.45) is 1.06. The van der Waals surface area contributed by atoms with Crippen molar-refractivity contribution in [2.45, 2.75) is 33.7 Å². The zero-order valence-electron chi connectivity index (χ0n) is 12.2. The summed E-state index contributed by atoms with van der Waals surface area (Å²) in [5, 5.41) is 3.37. The Morgan fingerprint density at radius 2 is 1.61 bits per heavy atom. The van der Waals surface area contributed by atoms with Crippen LogP contribution in [0.25, 0.3) is 0 Å². The van der Waals surface area contributed by atoms with Gasteiger partial charge in [0.1, 0.15) is 0 Å². The molecule has 18 heavy (non-hydrogen) atoms. The maximum absolute atomic E-state index is 5.37. The van der Waals surface area contributed by atoms with Crippen molar-refractivity contribution in [1.82, 2.24) is 5.32 Å². The molecular formula is C15H25NO2. The highest BCUT2D eigenvalue weighted by molar-refractivity contribution is 5.47. The van der Waals surface area contributed by atoms with Crippen molar-refractivity contribution in [3.05, 3.63) is 23.3 Å². The Labute approximate surface area is 110 Å². The first kappa shape index (κ1) is 14.8. The summed E-state index contributed by atoms with van der Waals surface area (Å²) in [6.45, 7) is 8.42. The number of benzene rings is 1. The van der Waals surface area contributed by atoms with Crippen LogP contribution in [0.15, 0.2) is 12.1 Å². The Morgan fingerprint density at radius 3 is 2.06 bits per heavy atom. The zero-order valence-corrected chi connectivity index (χ0v) is 12.2. The molecule has 0 saturated carbocycles. The molecule has 0 aliphatic rings. The average molecular weight is 251 g/mol. The number of ether oxygens (including phenoxy) is 2. The van der Waals surface area contributed by atoms with Crippen LogP contribution in [0.2, 0.25) is 0 Å². The van der Waals surface area contributed by atoms with E-state index in [-0.39, 0.29) is 0 Å². The molecule has 0 aliphatic heterocycles. The van der Waals surface area contributed by atoms with Gasteiger partial charge in [0, 0.05) is 6.54 Å². The Morgan fingerprint density at radius 1 is 1.06 bits per heavy atom. The summed E-state index contributed by atoms with van der Waals surface area (Å²) in [4.78, 5) is 0. The van der Waals surface area contributed by atoms with Crippen molar-refractivity contribution in [2.24, 2.45) is 5.92 Å². The fourth-order valence-corrected chi connectivity index (χ4v) is 2.02. The fraction of sp³-hybridized carbons (Fsp3) is 0.600. The van der Waals surface area contributed by atoms with Gasteiger partial charge in [-0.1, -0.05) is 20.8 Å². The Kier molecular flexibility index (Phi) is 5.99. The molecule has 0 bridgehead atoms.